The Balaban J connectivity index is 2.07. The Labute approximate surface area is 148 Å². The van der Waals surface area contributed by atoms with E-state index in [4.69, 9.17) is 23.1 Å². The van der Waals surface area contributed by atoms with Crippen LogP contribution < -0.4 is 11.5 Å². The van der Waals surface area contributed by atoms with Crippen LogP contribution in [0.2, 0.25) is 5.02 Å². The largest absolute Gasteiger partial charge is 0.316 e. The monoisotopic (exact) mass is 335 g/mol. The molecule has 3 heteroatoms. The molecule has 0 aliphatic heterocycles. The Morgan fingerprint density at radius 3 is 1.79 bits per heavy atom. The maximum atomic E-state index is 6.60. The van der Waals surface area contributed by atoms with Crippen LogP contribution in [0.25, 0.3) is 0 Å². The summed E-state index contributed by atoms with van der Waals surface area (Å²) in [6.45, 7) is 0. The van der Waals surface area contributed by atoms with Crippen LogP contribution in [-0.4, -0.2) is 6.17 Å². The molecule has 0 spiro atoms. The first-order valence-electron chi connectivity index (χ1n) is 7.93. The van der Waals surface area contributed by atoms with Crippen molar-refractivity contribution in [3.05, 3.63) is 112 Å². The number of rotatable bonds is 5. The summed E-state index contributed by atoms with van der Waals surface area (Å²) in [5.74, 6) is 1.12. The molecule has 4 N–H and O–H groups in total. The van der Waals surface area contributed by atoms with Gasteiger partial charge in [0, 0.05) is 11.4 Å². The van der Waals surface area contributed by atoms with Crippen molar-refractivity contribution in [2.75, 3.05) is 0 Å². The topological polar surface area (TPSA) is 52.0 Å². The van der Waals surface area contributed by atoms with Gasteiger partial charge in [0.25, 0.3) is 0 Å². The Kier molecular flexibility index (Phi) is 5.31. The van der Waals surface area contributed by atoms with Crippen molar-refractivity contribution in [3.63, 3.8) is 0 Å². The van der Waals surface area contributed by atoms with E-state index >= 15 is 0 Å². The summed E-state index contributed by atoms with van der Waals surface area (Å²) in [5, 5.41) is 0.704. The fourth-order valence-corrected chi connectivity index (χ4v) is 3.15. The first-order valence-corrected chi connectivity index (χ1v) is 8.30. The van der Waals surface area contributed by atoms with Gasteiger partial charge in [0.15, 0.2) is 0 Å². The predicted molar refractivity (Wildman–Crippen MR) is 101 cm³/mol. The summed E-state index contributed by atoms with van der Waals surface area (Å²) in [7, 11) is 0. The van der Waals surface area contributed by atoms with Crippen molar-refractivity contribution in [2.24, 2.45) is 11.5 Å². The molecular weight excluding hydrogens is 316 g/mol. The molecule has 0 aliphatic carbocycles. The molecule has 0 bridgehead atoms. The van der Waals surface area contributed by atoms with E-state index in [0.29, 0.717) is 11.4 Å². The van der Waals surface area contributed by atoms with Gasteiger partial charge in [-0.1, -0.05) is 84.4 Å². The highest BCUT2D eigenvalue weighted by atomic mass is 35.5. The molecule has 0 heterocycles. The maximum Gasteiger partial charge on any atom is 0.0644 e. The van der Waals surface area contributed by atoms with E-state index in [1.807, 2.05) is 48.5 Å². The van der Waals surface area contributed by atoms with Gasteiger partial charge < -0.3 is 11.5 Å². The molecule has 3 aromatic rings. The third-order valence-electron chi connectivity index (χ3n) is 3.90. The van der Waals surface area contributed by atoms with Crippen molar-refractivity contribution < 1.29 is 0 Å². The van der Waals surface area contributed by atoms with Gasteiger partial charge >= 0.3 is 0 Å². The summed E-state index contributed by atoms with van der Waals surface area (Å²) in [6, 6.07) is 26.6. The van der Waals surface area contributed by atoms with Crippen molar-refractivity contribution in [3.8, 4) is 0 Å². The van der Waals surface area contributed by atoms with Gasteiger partial charge in [-0.05, 0) is 28.3 Å². The van der Waals surface area contributed by atoms with Gasteiger partial charge in [-0.25, -0.2) is 0 Å². The van der Waals surface area contributed by atoms with Crippen molar-refractivity contribution in [1.82, 2.24) is 0 Å². The minimum absolute atomic E-state index is 0.376. The highest BCUT2D eigenvalue weighted by Crippen LogP contribution is 2.35. The summed E-state index contributed by atoms with van der Waals surface area (Å²) in [6.07, 6.45) is 0.227. The number of nitrogens with two attached hydrogens (primary N) is 2. The highest BCUT2D eigenvalue weighted by Gasteiger charge is 2.20. The molecule has 0 atom stereocenters. The van der Waals surface area contributed by atoms with Crippen LogP contribution in [0.3, 0.4) is 0 Å². The second-order valence-corrected chi connectivity index (χ2v) is 6.20. The van der Waals surface area contributed by atoms with Crippen LogP contribution >= 0.6 is 11.6 Å². The lowest BCUT2D eigenvalue weighted by Crippen LogP contribution is -2.32. The Morgan fingerprint density at radius 1 is 0.792 bits per heavy atom. The second-order valence-electron chi connectivity index (χ2n) is 5.79. The third kappa shape index (κ3) is 3.85. The Morgan fingerprint density at radius 2 is 1.33 bits per heavy atom. The van der Waals surface area contributed by atoms with Crippen LogP contribution in [-0.2, 0) is 6.42 Å². The standard InChI is InChI=1S/C21H20ClN2/c22-19-13-15(14-20(23)24)11-12-18(19)21(16-7-3-1-4-8-16)17-9-5-2-6-10-17/h1-13,20H,14,23-24H2. The number of hydrogen-bond acceptors (Lipinski definition) is 2. The molecule has 3 rings (SSSR count). The maximum absolute atomic E-state index is 6.60. The molecule has 1 radical (unpaired) electrons. The normalized spacial score (nSPS) is 11.2. The molecule has 2 nitrogen and oxygen atoms in total. The molecule has 0 saturated carbocycles. The fourth-order valence-electron chi connectivity index (χ4n) is 2.85. The van der Waals surface area contributed by atoms with E-state index < -0.39 is 0 Å². The zero-order valence-corrected chi connectivity index (χ0v) is 14.1. The fraction of sp³-hybridized carbons (Fsp3) is 0.0952. The van der Waals surface area contributed by atoms with Crippen LogP contribution in [0.15, 0.2) is 78.9 Å². The average molecular weight is 336 g/mol. The minimum atomic E-state index is -0.376. The lowest BCUT2D eigenvalue weighted by atomic mass is 9.84. The zero-order valence-electron chi connectivity index (χ0n) is 13.3. The molecule has 0 amide bonds. The smallest absolute Gasteiger partial charge is 0.0644 e. The third-order valence-corrected chi connectivity index (χ3v) is 4.21. The molecule has 3 aromatic carbocycles. The lowest BCUT2D eigenvalue weighted by molar-refractivity contribution is 0.703. The summed E-state index contributed by atoms with van der Waals surface area (Å²) in [5.41, 5.74) is 15.7. The summed E-state index contributed by atoms with van der Waals surface area (Å²) >= 11 is 6.60. The molecular formula is C21H20ClN2. The van der Waals surface area contributed by atoms with Gasteiger partial charge in [-0.3, -0.25) is 0 Å². The first kappa shape index (κ1) is 16.7. The number of benzene rings is 3. The van der Waals surface area contributed by atoms with E-state index in [2.05, 4.69) is 30.3 Å². The van der Waals surface area contributed by atoms with E-state index in [1.54, 1.807) is 0 Å². The van der Waals surface area contributed by atoms with Crippen LogP contribution in [0.1, 0.15) is 22.3 Å². The number of hydrogen-bond donors (Lipinski definition) is 2. The van der Waals surface area contributed by atoms with Gasteiger partial charge in [-0.2, -0.15) is 0 Å². The van der Waals surface area contributed by atoms with E-state index in [1.165, 1.54) is 0 Å². The highest BCUT2D eigenvalue weighted by molar-refractivity contribution is 6.31. The summed E-state index contributed by atoms with van der Waals surface area (Å²) in [4.78, 5) is 0. The van der Waals surface area contributed by atoms with E-state index in [0.717, 1.165) is 28.2 Å². The SMILES string of the molecule is NC(N)Cc1ccc([C](c2ccccc2)c2ccccc2)c(Cl)c1. The first-order chi connectivity index (χ1) is 11.6. The van der Waals surface area contributed by atoms with E-state index in [-0.39, 0.29) is 6.17 Å². The molecule has 0 fully saturated rings. The molecule has 0 saturated heterocycles. The Hall–Kier alpha value is -2.13. The van der Waals surface area contributed by atoms with Crippen LogP contribution in [0.5, 0.6) is 0 Å². The summed E-state index contributed by atoms with van der Waals surface area (Å²) < 4.78 is 0. The van der Waals surface area contributed by atoms with Crippen LogP contribution in [0.4, 0.5) is 0 Å². The van der Waals surface area contributed by atoms with Crippen molar-refractivity contribution in [1.29, 1.82) is 0 Å². The van der Waals surface area contributed by atoms with Crippen molar-refractivity contribution in [2.45, 2.75) is 12.6 Å². The number of halogens is 1. The van der Waals surface area contributed by atoms with E-state index in [9.17, 15) is 0 Å². The molecule has 0 unspecified atom stereocenters. The van der Waals surface area contributed by atoms with Gasteiger partial charge in [-0.15, -0.1) is 0 Å². The lowest BCUT2D eigenvalue weighted by Gasteiger charge is -2.20. The zero-order chi connectivity index (χ0) is 16.9. The molecule has 121 valence electrons. The van der Waals surface area contributed by atoms with Gasteiger partial charge in [0.1, 0.15) is 0 Å². The predicted octanol–water partition coefficient (Wildman–Crippen LogP) is 4.15. The molecule has 0 aliphatic rings. The molecule has 0 aromatic heterocycles. The van der Waals surface area contributed by atoms with Crippen LogP contribution in [0, 0.1) is 5.92 Å². The quantitative estimate of drug-likeness (QED) is 0.543. The van der Waals surface area contributed by atoms with Gasteiger partial charge in [0.2, 0.25) is 0 Å². The van der Waals surface area contributed by atoms with Crippen molar-refractivity contribution >= 4 is 11.6 Å². The molecule has 24 heavy (non-hydrogen) atoms. The average Bonchev–Trinajstić information content (AvgIpc) is 2.58. The Bertz CT molecular complexity index is 746. The second kappa shape index (κ2) is 7.63. The van der Waals surface area contributed by atoms with Gasteiger partial charge in [0.05, 0.1) is 12.1 Å². The minimum Gasteiger partial charge on any atom is -0.316 e.